The number of halogens is 1. The molecule has 0 radical (unpaired) electrons. The van der Waals surface area contributed by atoms with Crippen molar-refractivity contribution in [2.75, 3.05) is 18.1 Å². The Morgan fingerprint density at radius 2 is 2.09 bits per heavy atom. The van der Waals surface area contributed by atoms with Crippen molar-refractivity contribution >= 4 is 35.2 Å². The molecule has 0 aromatic heterocycles. The van der Waals surface area contributed by atoms with Crippen molar-refractivity contribution in [1.82, 2.24) is 5.32 Å². The standard InChI is InChI=1S/C16H18ClNO4S/c17-12-1-2-13-10(8-12)7-11(9-22-13)14(19)18-16(15(20)21)3-5-23-6-4-16/h1-2,8,11H,3-7,9H2,(H,18,19)(H,20,21). The highest BCUT2D eigenvalue weighted by Crippen LogP contribution is 2.31. The molecule has 2 heterocycles. The summed E-state index contributed by atoms with van der Waals surface area (Å²) in [6.45, 7) is 0.255. The topological polar surface area (TPSA) is 75.6 Å². The number of amides is 1. The number of hydrogen-bond acceptors (Lipinski definition) is 4. The van der Waals surface area contributed by atoms with E-state index in [9.17, 15) is 14.7 Å². The second-order valence-electron chi connectivity index (χ2n) is 5.95. The summed E-state index contributed by atoms with van der Waals surface area (Å²) in [5.41, 5.74) is -0.260. The molecular formula is C16H18ClNO4S. The third-order valence-corrected chi connectivity index (χ3v) is 5.64. The minimum Gasteiger partial charge on any atom is -0.492 e. The predicted molar refractivity (Wildman–Crippen MR) is 89.2 cm³/mol. The molecule has 1 aromatic carbocycles. The number of nitrogens with one attached hydrogen (secondary N) is 1. The second-order valence-corrected chi connectivity index (χ2v) is 7.61. The number of benzene rings is 1. The Morgan fingerprint density at radius 1 is 1.35 bits per heavy atom. The monoisotopic (exact) mass is 355 g/mol. The van der Waals surface area contributed by atoms with E-state index in [1.165, 1.54) is 0 Å². The summed E-state index contributed by atoms with van der Waals surface area (Å²) in [7, 11) is 0. The first-order valence-corrected chi connectivity index (χ1v) is 9.08. The van der Waals surface area contributed by atoms with E-state index in [0.717, 1.165) is 22.8 Å². The molecule has 1 saturated heterocycles. The molecule has 5 nitrogen and oxygen atoms in total. The number of rotatable bonds is 3. The summed E-state index contributed by atoms with van der Waals surface area (Å²) >= 11 is 7.70. The van der Waals surface area contributed by atoms with Crippen molar-refractivity contribution in [2.45, 2.75) is 24.8 Å². The van der Waals surface area contributed by atoms with Gasteiger partial charge in [0, 0.05) is 5.02 Å². The van der Waals surface area contributed by atoms with Gasteiger partial charge in [0.05, 0.1) is 5.92 Å². The second kappa shape index (κ2) is 6.61. The number of fused-ring (bicyclic) bond motifs is 1. The Hall–Kier alpha value is -1.40. The molecule has 1 atom stereocenters. The van der Waals surface area contributed by atoms with Crippen LogP contribution in [0, 0.1) is 5.92 Å². The van der Waals surface area contributed by atoms with E-state index in [2.05, 4.69) is 5.32 Å². The summed E-state index contributed by atoms with van der Waals surface area (Å²) in [4.78, 5) is 24.2. The number of carboxylic acid groups (broad SMARTS) is 1. The highest BCUT2D eigenvalue weighted by atomic mass is 35.5. The molecule has 1 amide bonds. The van der Waals surface area contributed by atoms with E-state index in [0.29, 0.717) is 24.3 Å². The van der Waals surface area contributed by atoms with Gasteiger partial charge in [-0.2, -0.15) is 11.8 Å². The van der Waals surface area contributed by atoms with Crippen LogP contribution in [-0.4, -0.2) is 40.6 Å². The van der Waals surface area contributed by atoms with E-state index in [-0.39, 0.29) is 12.5 Å². The molecule has 124 valence electrons. The normalized spacial score (nSPS) is 22.6. The molecule has 7 heteroatoms. The van der Waals surface area contributed by atoms with Gasteiger partial charge in [0.2, 0.25) is 5.91 Å². The molecule has 0 aliphatic carbocycles. The number of thioether (sulfide) groups is 1. The number of aliphatic carboxylic acids is 1. The minimum atomic E-state index is -1.14. The highest BCUT2D eigenvalue weighted by Gasteiger charge is 2.42. The minimum absolute atomic E-state index is 0.255. The maximum absolute atomic E-state index is 12.6. The molecule has 2 N–H and O–H groups in total. The zero-order valence-corrected chi connectivity index (χ0v) is 14.1. The first-order valence-electron chi connectivity index (χ1n) is 7.54. The molecular weight excluding hydrogens is 338 g/mol. The number of carboxylic acids is 1. The third kappa shape index (κ3) is 3.43. The molecule has 1 unspecified atom stereocenters. The van der Waals surface area contributed by atoms with Crippen LogP contribution in [-0.2, 0) is 16.0 Å². The molecule has 1 aromatic rings. The van der Waals surface area contributed by atoms with Gasteiger partial charge in [0.25, 0.3) is 0 Å². The Bertz CT molecular complexity index is 631. The first-order chi connectivity index (χ1) is 11.0. The summed E-state index contributed by atoms with van der Waals surface area (Å²) in [5.74, 6) is 0.613. The van der Waals surface area contributed by atoms with Gasteiger partial charge in [-0.15, -0.1) is 0 Å². The van der Waals surface area contributed by atoms with Crippen molar-refractivity contribution in [3.8, 4) is 5.75 Å². The van der Waals surface area contributed by atoms with Gasteiger partial charge in [-0.3, -0.25) is 4.79 Å². The molecule has 0 bridgehead atoms. The predicted octanol–water partition coefficient (Wildman–Crippen LogP) is 2.36. The van der Waals surface area contributed by atoms with Crippen molar-refractivity contribution in [1.29, 1.82) is 0 Å². The van der Waals surface area contributed by atoms with Crippen molar-refractivity contribution < 1.29 is 19.4 Å². The molecule has 0 spiro atoms. The van der Waals surface area contributed by atoms with E-state index >= 15 is 0 Å². The number of carbonyl (C=O) groups excluding carboxylic acids is 1. The van der Waals surface area contributed by atoms with Gasteiger partial charge in [0.15, 0.2) is 0 Å². The molecule has 3 rings (SSSR count). The molecule has 2 aliphatic rings. The summed E-state index contributed by atoms with van der Waals surface area (Å²) in [6, 6.07) is 5.34. The molecule has 23 heavy (non-hydrogen) atoms. The lowest BCUT2D eigenvalue weighted by molar-refractivity contribution is -0.149. The average Bonchev–Trinajstić information content (AvgIpc) is 2.54. The molecule has 2 aliphatic heterocycles. The van der Waals surface area contributed by atoms with Crippen LogP contribution in [0.3, 0.4) is 0 Å². The Kier molecular flexibility index (Phi) is 4.73. The van der Waals surface area contributed by atoms with Gasteiger partial charge in [-0.25, -0.2) is 4.79 Å². The smallest absolute Gasteiger partial charge is 0.329 e. The van der Waals surface area contributed by atoms with Crippen LogP contribution in [0.4, 0.5) is 0 Å². The van der Waals surface area contributed by atoms with Crippen LogP contribution in [0.2, 0.25) is 5.02 Å². The highest BCUT2D eigenvalue weighted by molar-refractivity contribution is 7.99. The Labute approximate surface area is 143 Å². The third-order valence-electron chi connectivity index (χ3n) is 4.42. The summed E-state index contributed by atoms with van der Waals surface area (Å²) < 4.78 is 5.62. The van der Waals surface area contributed by atoms with Crippen molar-refractivity contribution in [3.63, 3.8) is 0 Å². The fraction of sp³-hybridized carbons (Fsp3) is 0.500. The first kappa shape index (κ1) is 16.5. The SMILES string of the molecule is O=C(NC1(C(=O)O)CCSCC1)C1COc2ccc(Cl)cc2C1. The van der Waals surface area contributed by atoms with Gasteiger partial charge >= 0.3 is 5.97 Å². The number of carbonyl (C=O) groups is 2. The van der Waals surface area contributed by atoms with Crippen LogP contribution < -0.4 is 10.1 Å². The van der Waals surface area contributed by atoms with E-state index < -0.39 is 17.4 Å². The number of ether oxygens (including phenoxy) is 1. The largest absolute Gasteiger partial charge is 0.492 e. The van der Waals surface area contributed by atoms with Crippen molar-refractivity contribution in [2.24, 2.45) is 5.92 Å². The zero-order valence-electron chi connectivity index (χ0n) is 12.5. The summed E-state index contributed by atoms with van der Waals surface area (Å²) in [5, 5.41) is 12.9. The quantitative estimate of drug-likeness (QED) is 0.870. The van der Waals surface area contributed by atoms with Gasteiger partial charge < -0.3 is 15.2 Å². The maximum atomic E-state index is 12.6. The maximum Gasteiger partial charge on any atom is 0.329 e. The van der Waals surface area contributed by atoms with Crippen LogP contribution in [0.5, 0.6) is 5.75 Å². The van der Waals surface area contributed by atoms with E-state index in [1.807, 2.05) is 0 Å². The van der Waals surface area contributed by atoms with E-state index in [4.69, 9.17) is 16.3 Å². The lowest BCUT2D eigenvalue weighted by Gasteiger charge is -2.35. The number of hydrogen-bond donors (Lipinski definition) is 2. The fourth-order valence-corrected chi connectivity index (χ4v) is 4.37. The molecule has 1 fully saturated rings. The van der Waals surface area contributed by atoms with Crippen LogP contribution >= 0.6 is 23.4 Å². The van der Waals surface area contributed by atoms with Gasteiger partial charge in [-0.1, -0.05) is 11.6 Å². The summed E-state index contributed by atoms with van der Waals surface area (Å²) in [6.07, 6.45) is 1.41. The van der Waals surface area contributed by atoms with Gasteiger partial charge in [0.1, 0.15) is 17.9 Å². The molecule has 0 saturated carbocycles. The lowest BCUT2D eigenvalue weighted by atomic mass is 9.89. The van der Waals surface area contributed by atoms with Crippen LogP contribution in [0.25, 0.3) is 0 Å². The fourth-order valence-electron chi connectivity index (χ4n) is 2.98. The Morgan fingerprint density at radius 3 is 2.78 bits per heavy atom. The lowest BCUT2D eigenvalue weighted by Crippen LogP contribution is -2.58. The van der Waals surface area contributed by atoms with Crippen LogP contribution in [0.15, 0.2) is 18.2 Å². The van der Waals surface area contributed by atoms with Crippen molar-refractivity contribution in [3.05, 3.63) is 28.8 Å². The van der Waals surface area contributed by atoms with E-state index in [1.54, 1.807) is 30.0 Å². The van der Waals surface area contributed by atoms with Crippen LogP contribution in [0.1, 0.15) is 18.4 Å². The average molecular weight is 356 g/mol. The van der Waals surface area contributed by atoms with Gasteiger partial charge in [-0.05, 0) is 54.5 Å². The Balaban J connectivity index is 1.72. The zero-order chi connectivity index (χ0) is 16.4.